The third kappa shape index (κ3) is 2.45. The number of hydrogen-bond acceptors (Lipinski definition) is 4. The van der Waals surface area contributed by atoms with Gasteiger partial charge in [0.15, 0.2) is 5.58 Å². The monoisotopic (exact) mass is 302 g/mol. The van der Waals surface area contributed by atoms with E-state index >= 15 is 0 Å². The molecule has 2 amide bonds. The number of benzene rings is 1. The van der Waals surface area contributed by atoms with Gasteiger partial charge in [0.25, 0.3) is 0 Å². The van der Waals surface area contributed by atoms with Crippen molar-refractivity contribution in [3.05, 3.63) is 34.3 Å². The summed E-state index contributed by atoms with van der Waals surface area (Å²) in [7, 11) is 0. The number of rotatable bonds is 3. The molecular weight excluding hydrogens is 284 g/mol. The minimum absolute atomic E-state index is 0.223. The zero-order valence-corrected chi connectivity index (χ0v) is 12.6. The summed E-state index contributed by atoms with van der Waals surface area (Å²) < 4.78 is 6.76. The van der Waals surface area contributed by atoms with Crippen molar-refractivity contribution in [3.63, 3.8) is 0 Å². The number of fused-ring (bicyclic) bond motifs is 1. The molecule has 1 aliphatic rings. The molecule has 0 spiro atoms. The van der Waals surface area contributed by atoms with Crippen LogP contribution in [-0.2, 0) is 16.0 Å². The zero-order valence-electron chi connectivity index (χ0n) is 12.6. The normalized spacial score (nSPS) is 19.0. The van der Waals surface area contributed by atoms with Crippen LogP contribution in [0.1, 0.15) is 38.3 Å². The molecular formula is C16H18N2O4. The lowest BCUT2D eigenvalue weighted by molar-refractivity contribution is -0.135. The maximum absolute atomic E-state index is 12.2. The van der Waals surface area contributed by atoms with Gasteiger partial charge >= 0.3 is 5.76 Å². The minimum Gasteiger partial charge on any atom is -0.407 e. The molecule has 1 saturated heterocycles. The number of piperidine rings is 1. The van der Waals surface area contributed by atoms with Gasteiger partial charge in [-0.2, -0.15) is 0 Å². The van der Waals surface area contributed by atoms with Gasteiger partial charge in [0.05, 0.1) is 5.52 Å². The Hall–Kier alpha value is -2.37. The van der Waals surface area contributed by atoms with Crippen molar-refractivity contribution in [3.8, 4) is 0 Å². The van der Waals surface area contributed by atoms with E-state index in [1.807, 2.05) is 12.1 Å². The van der Waals surface area contributed by atoms with E-state index in [1.54, 1.807) is 6.07 Å². The van der Waals surface area contributed by atoms with Gasteiger partial charge in [-0.3, -0.25) is 19.5 Å². The first-order valence-corrected chi connectivity index (χ1v) is 7.44. The van der Waals surface area contributed by atoms with Gasteiger partial charge in [-0.25, -0.2) is 4.79 Å². The summed E-state index contributed by atoms with van der Waals surface area (Å²) in [5.74, 6) is -0.881. The van der Waals surface area contributed by atoms with Crippen LogP contribution in [-0.4, -0.2) is 16.4 Å². The molecule has 1 unspecified atom stereocenters. The van der Waals surface area contributed by atoms with Crippen LogP contribution >= 0.6 is 0 Å². The van der Waals surface area contributed by atoms with Crippen LogP contribution in [0.4, 0.5) is 0 Å². The minimum atomic E-state index is -0.694. The second-order valence-electron chi connectivity index (χ2n) is 6.07. The lowest BCUT2D eigenvalue weighted by atomic mass is 10.0. The predicted molar refractivity (Wildman–Crippen MR) is 80.4 cm³/mol. The molecule has 22 heavy (non-hydrogen) atoms. The van der Waals surface area contributed by atoms with E-state index in [-0.39, 0.29) is 12.3 Å². The number of nitrogens with zero attached hydrogens (tertiary/aromatic N) is 1. The Morgan fingerprint density at radius 3 is 2.77 bits per heavy atom. The second-order valence-corrected chi connectivity index (χ2v) is 6.07. The van der Waals surface area contributed by atoms with Crippen molar-refractivity contribution in [2.45, 2.75) is 39.2 Å². The van der Waals surface area contributed by atoms with Crippen molar-refractivity contribution in [1.82, 2.24) is 9.88 Å². The second kappa shape index (κ2) is 5.44. The molecule has 6 heteroatoms. The van der Waals surface area contributed by atoms with Crippen LogP contribution < -0.4 is 11.1 Å². The Balaban J connectivity index is 2.11. The highest BCUT2D eigenvalue weighted by Crippen LogP contribution is 2.26. The molecule has 116 valence electrons. The van der Waals surface area contributed by atoms with Gasteiger partial charge < -0.3 is 4.42 Å². The summed E-state index contributed by atoms with van der Waals surface area (Å²) in [6, 6.07) is 4.87. The van der Waals surface area contributed by atoms with E-state index in [1.165, 1.54) is 4.57 Å². The summed E-state index contributed by atoms with van der Waals surface area (Å²) in [6.07, 6.45) is 1.33. The summed E-state index contributed by atoms with van der Waals surface area (Å²) in [5.41, 5.74) is 2.10. The zero-order chi connectivity index (χ0) is 15.9. The number of oxazole rings is 1. The average molecular weight is 302 g/mol. The molecule has 1 aromatic heterocycles. The highest BCUT2D eigenvalue weighted by molar-refractivity contribution is 6.00. The molecule has 0 radical (unpaired) electrons. The number of carbonyl (C=O) groups excluding carboxylic acids is 2. The molecule has 6 nitrogen and oxygen atoms in total. The fraction of sp³-hybridized carbons (Fsp3) is 0.438. The van der Waals surface area contributed by atoms with Crippen LogP contribution in [0.5, 0.6) is 0 Å². The van der Waals surface area contributed by atoms with E-state index in [0.717, 1.165) is 12.0 Å². The lowest BCUT2D eigenvalue weighted by Crippen LogP contribution is -2.43. The van der Waals surface area contributed by atoms with Crippen molar-refractivity contribution in [1.29, 1.82) is 0 Å². The number of aromatic nitrogens is 1. The predicted octanol–water partition coefficient (Wildman–Crippen LogP) is 1.77. The van der Waals surface area contributed by atoms with Gasteiger partial charge in [-0.15, -0.1) is 0 Å². The van der Waals surface area contributed by atoms with Crippen LogP contribution in [0.25, 0.3) is 11.1 Å². The maximum Gasteiger partial charge on any atom is 0.420 e. The fourth-order valence-corrected chi connectivity index (χ4v) is 2.94. The molecule has 1 aliphatic heterocycles. The molecule has 0 bridgehead atoms. The molecule has 1 N–H and O–H groups in total. The number of nitrogens with one attached hydrogen (secondary N) is 1. The number of amides is 2. The van der Waals surface area contributed by atoms with E-state index in [9.17, 15) is 14.4 Å². The average Bonchev–Trinajstić information content (AvgIpc) is 2.76. The van der Waals surface area contributed by atoms with E-state index < -0.39 is 17.7 Å². The Bertz CT molecular complexity index is 800. The van der Waals surface area contributed by atoms with Crippen LogP contribution in [0.2, 0.25) is 0 Å². The molecule has 1 fully saturated rings. The summed E-state index contributed by atoms with van der Waals surface area (Å²) in [4.78, 5) is 35.5. The largest absolute Gasteiger partial charge is 0.420 e. The van der Waals surface area contributed by atoms with Gasteiger partial charge in [0, 0.05) is 6.42 Å². The molecule has 0 aliphatic carbocycles. The highest BCUT2D eigenvalue weighted by atomic mass is 16.4. The van der Waals surface area contributed by atoms with Gasteiger partial charge in [-0.1, -0.05) is 26.0 Å². The first kappa shape index (κ1) is 14.6. The Labute approximate surface area is 127 Å². The number of imide groups is 1. The number of hydrogen-bond donors (Lipinski definition) is 1. The van der Waals surface area contributed by atoms with Crippen molar-refractivity contribution in [2.75, 3.05) is 0 Å². The smallest absolute Gasteiger partial charge is 0.407 e. The Morgan fingerprint density at radius 1 is 1.32 bits per heavy atom. The van der Waals surface area contributed by atoms with Gasteiger partial charge in [0.1, 0.15) is 6.04 Å². The molecule has 2 heterocycles. The standard InChI is InChI=1S/C16H18N2O4/c1-9(2)8-10-4-3-5-11-14(10)22-16(21)18(11)12-6-7-13(19)17-15(12)20/h3-5,9,12H,6-8H2,1-2H3,(H,17,19,20). The first-order valence-electron chi connectivity index (χ1n) is 7.44. The molecule has 1 aromatic carbocycles. The van der Waals surface area contributed by atoms with Crippen molar-refractivity contribution in [2.24, 2.45) is 5.92 Å². The summed E-state index contributed by atoms with van der Waals surface area (Å²) in [6.45, 7) is 4.18. The van der Waals surface area contributed by atoms with Crippen molar-refractivity contribution < 1.29 is 14.0 Å². The van der Waals surface area contributed by atoms with Crippen LogP contribution in [0.3, 0.4) is 0 Å². The summed E-state index contributed by atoms with van der Waals surface area (Å²) in [5, 5.41) is 2.28. The third-order valence-corrected chi connectivity index (χ3v) is 3.87. The molecule has 2 aromatic rings. The van der Waals surface area contributed by atoms with E-state index in [2.05, 4.69) is 19.2 Å². The lowest BCUT2D eigenvalue weighted by Gasteiger charge is -2.21. The maximum atomic E-state index is 12.2. The number of carbonyl (C=O) groups is 2. The van der Waals surface area contributed by atoms with Gasteiger partial charge in [0.2, 0.25) is 11.8 Å². The molecule has 1 atom stereocenters. The van der Waals surface area contributed by atoms with E-state index in [4.69, 9.17) is 4.42 Å². The number of para-hydroxylation sites is 1. The topological polar surface area (TPSA) is 81.3 Å². The molecule has 0 saturated carbocycles. The third-order valence-electron chi connectivity index (χ3n) is 3.87. The van der Waals surface area contributed by atoms with Crippen LogP contribution in [0.15, 0.2) is 27.4 Å². The first-order chi connectivity index (χ1) is 10.5. The fourth-order valence-electron chi connectivity index (χ4n) is 2.94. The van der Waals surface area contributed by atoms with E-state index in [0.29, 0.717) is 23.4 Å². The molecule has 3 rings (SSSR count). The highest BCUT2D eigenvalue weighted by Gasteiger charge is 2.31. The quantitative estimate of drug-likeness (QED) is 0.876. The van der Waals surface area contributed by atoms with Crippen LogP contribution in [0, 0.1) is 5.92 Å². The summed E-state index contributed by atoms with van der Waals surface area (Å²) >= 11 is 0. The SMILES string of the molecule is CC(C)Cc1cccc2c1oc(=O)n2C1CCC(=O)NC1=O. The Morgan fingerprint density at radius 2 is 2.09 bits per heavy atom. The van der Waals surface area contributed by atoms with Gasteiger partial charge in [-0.05, 0) is 30.4 Å². The van der Waals surface area contributed by atoms with Crippen molar-refractivity contribution >= 4 is 22.9 Å². The Kier molecular flexibility index (Phi) is 3.60.